The molecular formula is C12H8BrClN2O3. The highest BCUT2D eigenvalue weighted by atomic mass is 79.9. The van der Waals surface area contributed by atoms with Crippen molar-refractivity contribution < 1.29 is 9.53 Å². The number of hydrogen-bond acceptors (Lipinski definition) is 4. The van der Waals surface area contributed by atoms with Crippen LogP contribution >= 0.6 is 27.5 Å². The number of rotatable bonds is 2. The van der Waals surface area contributed by atoms with Gasteiger partial charge in [0, 0.05) is 12.3 Å². The SMILES string of the molecule is COC(=O)c1nn(-c2cccc(Cl)c2Br)ccc1=O. The number of nitrogens with zero attached hydrogens (tertiary/aromatic N) is 2. The molecule has 0 N–H and O–H groups in total. The lowest BCUT2D eigenvalue weighted by atomic mass is 10.3. The topological polar surface area (TPSA) is 61.2 Å². The third kappa shape index (κ3) is 2.69. The first-order valence-corrected chi connectivity index (χ1v) is 6.34. The maximum Gasteiger partial charge on any atom is 0.362 e. The minimum atomic E-state index is -0.780. The maximum atomic E-state index is 11.5. The van der Waals surface area contributed by atoms with Gasteiger partial charge in [-0.15, -0.1) is 0 Å². The second-order valence-electron chi connectivity index (χ2n) is 3.54. The number of methoxy groups -OCH3 is 1. The third-order valence-corrected chi connectivity index (χ3v) is 3.74. The van der Waals surface area contributed by atoms with Crippen molar-refractivity contribution in [3.63, 3.8) is 0 Å². The van der Waals surface area contributed by atoms with E-state index < -0.39 is 11.4 Å². The standard InChI is InChI=1S/C12H8BrClN2O3/c1-19-12(18)11-9(17)5-6-16(15-11)8-4-2-3-7(14)10(8)13/h2-6H,1H3. The molecule has 0 spiro atoms. The number of esters is 1. The van der Waals surface area contributed by atoms with Gasteiger partial charge in [-0.3, -0.25) is 4.79 Å². The molecule has 0 unspecified atom stereocenters. The second kappa shape index (κ2) is 5.54. The van der Waals surface area contributed by atoms with Crippen LogP contribution in [-0.2, 0) is 4.74 Å². The van der Waals surface area contributed by atoms with Gasteiger partial charge >= 0.3 is 5.97 Å². The van der Waals surface area contributed by atoms with Crippen molar-refractivity contribution in [2.75, 3.05) is 7.11 Å². The fraction of sp³-hybridized carbons (Fsp3) is 0.0833. The van der Waals surface area contributed by atoms with Crippen molar-refractivity contribution in [3.05, 3.63) is 55.9 Å². The molecule has 7 heteroatoms. The van der Waals surface area contributed by atoms with Gasteiger partial charge in [-0.2, -0.15) is 5.10 Å². The molecule has 1 heterocycles. The van der Waals surface area contributed by atoms with Gasteiger partial charge in [0.25, 0.3) is 0 Å². The van der Waals surface area contributed by atoms with Crippen molar-refractivity contribution in [2.24, 2.45) is 0 Å². The largest absolute Gasteiger partial charge is 0.464 e. The first-order chi connectivity index (χ1) is 9.04. The van der Waals surface area contributed by atoms with Crippen LogP contribution in [0.2, 0.25) is 5.02 Å². The van der Waals surface area contributed by atoms with E-state index >= 15 is 0 Å². The fourth-order valence-electron chi connectivity index (χ4n) is 1.45. The summed E-state index contributed by atoms with van der Waals surface area (Å²) in [7, 11) is 1.19. The van der Waals surface area contributed by atoms with Gasteiger partial charge in [-0.25, -0.2) is 9.48 Å². The highest BCUT2D eigenvalue weighted by Crippen LogP contribution is 2.28. The molecule has 5 nitrogen and oxygen atoms in total. The van der Waals surface area contributed by atoms with Gasteiger partial charge < -0.3 is 4.74 Å². The molecule has 0 aliphatic carbocycles. The Kier molecular flexibility index (Phi) is 4.01. The minimum Gasteiger partial charge on any atom is -0.464 e. The molecule has 98 valence electrons. The summed E-state index contributed by atoms with van der Waals surface area (Å²) in [5.74, 6) is -0.780. The molecule has 2 aromatic rings. The van der Waals surface area contributed by atoms with Crippen molar-refractivity contribution in [1.82, 2.24) is 9.78 Å². The van der Waals surface area contributed by atoms with Crippen LogP contribution in [0.15, 0.2) is 39.7 Å². The van der Waals surface area contributed by atoms with E-state index in [4.69, 9.17) is 11.6 Å². The predicted octanol–water partition coefficient (Wildman–Crippen LogP) is 2.44. The summed E-state index contributed by atoms with van der Waals surface area (Å²) in [6.45, 7) is 0. The van der Waals surface area contributed by atoms with Crippen molar-refractivity contribution >= 4 is 33.5 Å². The Morgan fingerprint density at radius 1 is 1.42 bits per heavy atom. The summed E-state index contributed by atoms with van der Waals surface area (Å²) in [5.41, 5.74) is -0.171. The van der Waals surface area contributed by atoms with Crippen molar-refractivity contribution in [2.45, 2.75) is 0 Å². The van der Waals surface area contributed by atoms with Crippen LogP contribution in [-0.4, -0.2) is 22.9 Å². The first kappa shape index (κ1) is 13.8. The molecule has 0 fully saturated rings. The number of aromatic nitrogens is 2. The van der Waals surface area contributed by atoms with E-state index in [9.17, 15) is 9.59 Å². The Balaban J connectivity index is 2.61. The van der Waals surface area contributed by atoms with Gasteiger partial charge in [0.05, 0.1) is 22.3 Å². The molecule has 0 radical (unpaired) electrons. The fourth-order valence-corrected chi connectivity index (χ4v) is 2.06. The predicted molar refractivity (Wildman–Crippen MR) is 73.9 cm³/mol. The normalized spacial score (nSPS) is 10.3. The van der Waals surface area contributed by atoms with E-state index in [0.29, 0.717) is 15.2 Å². The molecule has 1 aromatic carbocycles. The number of benzene rings is 1. The van der Waals surface area contributed by atoms with E-state index in [1.54, 1.807) is 18.2 Å². The molecular weight excluding hydrogens is 336 g/mol. The zero-order chi connectivity index (χ0) is 14.0. The number of hydrogen-bond donors (Lipinski definition) is 0. The third-order valence-electron chi connectivity index (χ3n) is 2.37. The van der Waals surface area contributed by atoms with Crippen LogP contribution in [0.25, 0.3) is 5.69 Å². The molecule has 0 saturated heterocycles. The summed E-state index contributed by atoms with van der Waals surface area (Å²) >= 11 is 9.31. The molecule has 0 bridgehead atoms. The summed E-state index contributed by atoms with van der Waals surface area (Å²) < 4.78 is 6.50. The Hall–Kier alpha value is -1.66. The van der Waals surface area contributed by atoms with Gasteiger partial charge in [0.15, 0.2) is 0 Å². The summed E-state index contributed by atoms with van der Waals surface area (Å²) in [6.07, 6.45) is 1.45. The lowest BCUT2D eigenvalue weighted by molar-refractivity contribution is 0.0590. The number of ether oxygens (including phenoxy) is 1. The van der Waals surface area contributed by atoms with Gasteiger partial charge in [0.1, 0.15) is 0 Å². The summed E-state index contributed by atoms with van der Waals surface area (Å²) in [5, 5.41) is 4.45. The van der Waals surface area contributed by atoms with E-state index in [-0.39, 0.29) is 5.69 Å². The molecule has 2 rings (SSSR count). The van der Waals surface area contributed by atoms with E-state index in [1.165, 1.54) is 24.1 Å². The zero-order valence-corrected chi connectivity index (χ0v) is 12.1. The molecule has 0 aliphatic rings. The van der Waals surface area contributed by atoms with E-state index in [1.807, 2.05) is 0 Å². The highest BCUT2D eigenvalue weighted by Gasteiger charge is 2.14. The average molecular weight is 344 g/mol. The minimum absolute atomic E-state index is 0.281. The quantitative estimate of drug-likeness (QED) is 0.786. The van der Waals surface area contributed by atoms with Crippen LogP contribution in [0.3, 0.4) is 0 Å². The zero-order valence-electron chi connectivity index (χ0n) is 9.76. The molecule has 0 atom stereocenters. The van der Waals surface area contributed by atoms with Crippen LogP contribution in [0, 0.1) is 0 Å². The Morgan fingerprint density at radius 2 is 2.16 bits per heavy atom. The summed E-state index contributed by atoms with van der Waals surface area (Å²) in [6, 6.07) is 6.43. The monoisotopic (exact) mass is 342 g/mol. The first-order valence-electron chi connectivity index (χ1n) is 5.17. The Bertz CT molecular complexity index is 700. The van der Waals surface area contributed by atoms with Gasteiger partial charge in [-0.05, 0) is 28.1 Å². The molecule has 19 heavy (non-hydrogen) atoms. The van der Waals surface area contributed by atoms with Crippen LogP contribution in [0.1, 0.15) is 10.5 Å². The van der Waals surface area contributed by atoms with Gasteiger partial charge in [-0.1, -0.05) is 17.7 Å². The average Bonchev–Trinajstić information content (AvgIpc) is 2.42. The Morgan fingerprint density at radius 3 is 2.84 bits per heavy atom. The number of carbonyl (C=O) groups is 1. The van der Waals surface area contributed by atoms with Crippen molar-refractivity contribution in [3.8, 4) is 5.69 Å². The lowest BCUT2D eigenvalue weighted by Crippen LogP contribution is -2.21. The molecule has 1 aromatic heterocycles. The second-order valence-corrected chi connectivity index (χ2v) is 4.74. The van der Waals surface area contributed by atoms with Gasteiger partial charge in [0.2, 0.25) is 11.1 Å². The summed E-state index contributed by atoms with van der Waals surface area (Å²) in [4.78, 5) is 23.0. The molecule has 0 amide bonds. The number of carbonyl (C=O) groups excluding carboxylic acids is 1. The van der Waals surface area contributed by atoms with Crippen LogP contribution < -0.4 is 5.43 Å². The Labute approximate surface area is 121 Å². The van der Waals surface area contributed by atoms with Crippen molar-refractivity contribution in [1.29, 1.82) is 0 Å². The molecule has 0 saturated carbocycles. The van der Waals surface area contributed by atoms with Crippen LogP contribution in [0.5, 0.6) is 0 Å². The van der Waals surface area contributed by atoms with E-state index in [2.05, 4.69) is 25.8 Å². The smallest absolute Gasteiger partial charge is 0.362 e. The number of halogens is 2. The lowest BCUT2D eigenvalue weighted by Gasteiger charge is -2.09. The maximum absolute atomic E-state index is 11.5. The molecule has 0 aliphatic heterocycles. The van der Waals surface area contributed by atoms with E-state index in [0.717, 1.165) is 0 Å². The van der Waals surface area contributed by atoms with Crippen LogP contribution in [0.4, 0.5) is 0 Å². The highest BCUT2D eigenvalue weighted by molar-refractivity contribution is 9.10.